The normalized spacial score (nSPS) is 13.5. The van der Waals surface area contributed by atoms with E-state index < -0.39 is 6.10 Å². The number of aromatic hydroxyl groups is 1. The summed E-state index contributed by atoms with van der Waals surface area (Å²) in [7, 11) is 0. The molecule has 0 bridgehead atoms. The number of ether oxygens (including phenoxy) is 1. The molecule has 0 spiro atoms. The molecular weight excluding hydrogens is 278 g/mol. The number of para-hydroxylation sites is 1. The van der Waals surface area contributed by atoms with Gasteiger partial charge in [-0.1, -0.05) is 30.3 Å². The number of aliphatic hydroxyl groups excluding tert-OH is 1. The molecule has 0 aromatic heterocycles. The predicted octanol–water partition coefficient (Wildman–Crippen LogP) is 3.03. The second-order valence-corrected chi connectivity index (χ2v) is 5.25. The summed E-state index contributed by atoms with van der Waals surface area (Å²) in [6.07, 6.45) is 0.134. The molecular formula is C18H22NO3. The molecule has 4 heteroatoms. The first-order valence-corrected chi connectivity index (χ1v) is 7.39. The Morgan fingerprint density at radius 2 is 1.77 bits per heavy atom. The fourth-order valence-electron chi connectivity index (χ4n) is 2.00. The number of nitrogens with one attached hydrogen (secondary N) is 1. The Morgan fingerprint density at radius 1 is 1.09 bits per heavy atom. The van der Waals surface area contributed by atoms with Crippen LogP contribution in [0.5, 0.6) is 11.5 Å². The molecule has 0 fully saturated rings. The molecule has 2 rings (SSSR count). The van der Waals surface area contributed by atoms with E-state index in [2.05, 4.69) is 5.32 Å². The van der Waals surface area contributed by atoms with Crippen molar-refractivity contribution in [2.75, 3.05) is 6.54 Å². The van der Waals surface area contributed by atoms with Crippen molar-refractivity contribution in [1.82, 2.24) is 5.32 Å². The zero-order valence-electron chi connectivity index (χ0n) is 12.6. The third kappa shape index (κ3) is 5.39. The first kappa shape index (κ1) is 16.3. The second kappa shape index (κ2) is 8.41. The Morgan fingerprint density at radius 3 is 2.45 bits per heavy atom. The van der Waals surface area contributed by atoms with E-state index in [1.807, 2.05) is 37.3 Å². The van der Waals surface area contributed by atoms with E-state index in [1.165, 1.54) is 0 Å². The lowest BCUT2D eigenvalue weighted by Gasteiger charge is -2.17. The van der Waals surface area contributed by atoms with Crippen molar-refractivity contribution in [1.29, 1.82) is 0 Å². The number of hydrogen-bond donors (Lipinski definition) is 3. The van der Waals surface area contributed by atoms with Crippen LogP contribution in [-0.2, 0) is 0 Å². The van der Waals surface area contributed by atoms with Crippen molar-refractivity contribution in [2.45, 2.75) is 25.5 Å². The van der Waals surface area contributed by atoms with Gasteiger partial charge in [0, 0.05) is 19.0 Å². The number of aliphatic hydroxyl groups is 1. The predicted molar refractivity (Wildman–Crippen MR) is 86.5 cm³/mol. The van der Waals surface area contributed by atoms with Crippen molar-refractivity contribution >= 4 is 0 Å². The molecule has 22 heavy (non-hydrogen) atoms. The van der Waals surface area contributed by atoms with Crippen LogP contribution in [0.25, 0.3) is 0 Å². The highest BCUT2D eigenvalue weighted by atomic mass is 16.5. The molecule has 0 aliphatic rings. The largest absolute Gasteiger partial charge is 0.508 e. The van der Waals surface area contributed by atoms with Gasteiger partial charge >= 0.3 is 0 Å². The SMILES string of the molecule is CC(C[CH]Oc1ccccc1)NCC(O)c1ccc(O)cc1. The first-order valence-electron chi connectivity index (χ1n) is 7.39. The molecule has 4 nitrogen and oxygen atoms in total. The van der Waals surface area contributed by atoms with Crippen molar-refractivity contribution in [3.05, 3.63) is 66.8 Å². The number of phenolic OH excluding ortho intramolecular Hbond substituents is 1. The molecule has 0 aliphatic heterocycles. The molecule has 2 unspecified atom stereocenters. The minimum absolute atomic E-state index is 0.190. The van der Waals surface area contributed by atoms with E-state index >= 15 is 0 Å². The highest BCUT2D eigenvalue weighted by Crippen LogP contribution is 2.16. The Labute approximate surface area is 131 Å². The third-order valence-corrected chi connectivity index (χ3v) is 3.35. The zero-order valence-corrected chi connectivity index (χ0v) is 12.6. The van der Waals surface area contributed by atoms with E-state index in [0.717, 1.165) is 17.7 Å². The van der Waals surface area contributed by atoms with Gasteiger partial charge in [0.2, 0.25) is 0 Å². The molecule has 2 atom stereocenters. The van der Waals surface area contributed by atoms with E-state index in [9.17, 15) is 10.2 Å². The maximum Gasteiger partial charge on any atom is 0.137 e. The lowest BCUT2D eigenvalue weighted by Crippen LogP contribution is -2.30. The van der Waals surface area contributed by atoms with Gasteiger partial charge in [-0.3, -0.25) is 0 Å². The molecule has 0 heterocycles. The Bertz CT molecular complexity index is 542. The van der Waals surface area contributed by atoms with E-state index in [-0.39, 0.29) is 11.8 Å². The lowest BCUT2D eigenvalue weighted by atomic mass is 10.1. The van der Waals surface area contributed by atoms with Gasteiger partial charge in [-0.05, 0) is 36.8 Å². The molecule has 1 radical (unpaired) electrons. The summed E-state index contributed by atoms with van der Waals surface area (Å²) in [6.45, 7) is 4.25. The molecule has 0 amide bonds. The van der Waals surface area contributed by atoms with E-state index in [0.29, 0.717) is 6.54 Å². The van der Waals surface area contributed by atoms with Crippen LogP contribution in [0.3, 0.4) is 0 Å². The minimum Gasteiger partial charge on any atom is -0.508 e. The Balaban J connectivity index is 1.66. The molecule has 117 valence electrons. The standard InChI is InChI=1S/C18H22NO3/c1-14(11-12-22-17-5-3-2-4-6-17)19-13-18(21)15-7-9-16(20)10-8-15/h2-10,12,14,18-21H,11,13H2,1H3. The van der Waals surface area contributed by atoms with Crippen molar-refractivity contribution in [3.63, 3.8) is 0 Å². The Kier molecular flexibility index (Phi) is 6.25. The maximum absolute atomic E-state index is 10.1. The molecule has 0 saturated heterocycles. The third-order valence-electron chi connectivity index (χ3n) is 3.35. The lowest BCUT2D eigenvalue weighted by molar-refractivity contribution is 0.169. The van der Waals surface area contributed by atoms with Crippen LogP contribution in [0.1, 0.15) is 25.0 Å². The van der Waals surface area contributed by atoms with Crippen LogP contribution < -0.4 is 10.1 Å². The molecule has 2 aromatic rings. The van der Waals surface area contributed by atoms with Crippen LogP contribution in [0.2, 0.25) is 0 Å². The summed E-state index contributed by atoms with van der Waals surface area (Å²) in [4.78, 5) is 0. The van der Waals surface area contributed by atoms with E-state index in [1.54, 1.807) is 30.9 Å². The number of benzene rings is 2. The summed E-state index contributed by atoms with van der Waals surface area (Å²) in [6, 6.07) is 16.4. The van der Waals surface area contributed by atoms with Gasteiger partial charge in [-0.2, -0.15) is 0 Å². The zero-order chi connectivity index (χ0) is 15.8. The average molecular weight is 300 g/mol. The van der Waals surface area contributed by atoms with Crippen LogP contribution >= 0.6 is 0 Å². The Hall–Kier alpha value is -2.04. The van der Waals surface area contributed by atoms with Crippen LogP contribution in [0.15, 0.2) is 54.6 Å². The van der Waals surface area contributed by atoms with Gasteiger partial charge in [0.1, 0.15) is 18.1 Å². The van der Waals surface area contributed by atoms with Crippen LogP contribution in [-0.4, -0.2) is 22.8 Å². The fourth-order valence-corrected chi connectivity index (χ4v) is 2.00. The van der Waals surface area contributed by atoms with Gasteiger partial charge in [-0.25, -0.2) is 0 Å². The van der Waals surface area contributed by atoms with Gasteiger partial charge in [-0.15, -0.1) is 0 Å². The average Bonchev–Trinajstić information content (AvgIpc) is 2.54. The quantitative estimate of drug-likeness (QED) is 0.701. The van der Waals surface area contributed by atoms with Gasteiger partial charge in [0.05, 0.1) is 6.10 Å². The topological polar surface area (TPSA) is 61.7 Å². The highest BCUT2D eigenvalue weighted by molar-refractivity contribution is 5.27. The summed E-state index contributed by atoms with van der Waals surface area (Å²) in [5.41, 5.74) is 0.780. The first-order chi connectivity index (χ1) is 10.6. The maximum atomic E-state index is 10.1. The summed E-state index contributed by atoms with van der Waals surface area (Å²) in [5.74, 6) is 1.02. The fraction of sp³-hybridized carbons (Fsp3) is 0.278. The molecule has 0 aliphatic carbocycles. The number of rotatable bonds is 8. The van der Waals surface area contributed by atoms with Gasteiger partial charge < -0.3 is 20.3 Å². The molecule has 3 N–H and O–H groups in total. The van der Waals surface area contributed by atoms with Crippen molar-refractivity contribution in [3.8, 4) is 11.5 Å². The molecule has 2 aromatic carbocycles. The second-order valence-electron chi connectivity index (χ2n) is 5.25. The van der Waals surface area contributed by atoms with Gasteiger partial charge in [0.25, 0.3) is 0 Å². The van der Waals surface area contributed by atoms with Crippen molar-refractivity contribution in [2.24, 2.45) is 0 Å². The number of hydrogen-bond acceptors (Lipinski definition) is 4. The highest BCUT2D eigenvalue weighted by Gasteiger charge is 2.09. The summed E-state index contributed by atoms with van der Waals surface area (Å²) < 4.78 is 5.53. The minimum atomic E-state index is -0.599. The van der Waals surface area contributed by atoms with Crippen LogP contribution in [0.4, 0.5) is 0 Å². The summed E-state index contributed by atoms with van der Waals surface area (Å²) >= 11 is 0. The molecule has 0 saturated carbocycles. The van der Waals surface area contributed by atoms with Gasteiger partial charge in [0.15, 0.2) is 0 Å². The van der Waals surface area contributed by atoms with Crippen LogP contribution in [0, 0.1) is 6.61 Å². The smallest absolute Gasteiger partial charge is 0.137 e. The van der Waals surface area contributed by atoms with Crippen molar-refractivity contribution < 1.29 is 14.9 Å². The van der Waals surface area contributed by atoms with E-state index in [4.69, 9.17) is 4.74 Å². The number of phenols is 1. The summed E-state index contributed by atoms with van der Waals surface area (Å²) in [5, 5.41) is 22.6. The monoisotopic (exact) mass is 300 g/mol.